The van der Waals surface area contributed by atoms with Gasteiger partial charge in [-0.25, -0.2) is 4.68 Å². The second-order valence-electron chi connectivity index (χ2n) is 6.00. The van der Waals surface area contributed by atoms with Gasteiger partial charge in [-0.15, -0.1) is 5.10 Å². The maximum atomic E-state index is 12.4. The topological polar surface area (TPSA) is 89.3 Å². The second kappa shape index (κ2) is 9.91. The predicted molar refractivity (Wildman–Crippen MR) is 108 cm³/mol. The summed E-state index contributed by atoms with van der Waals surface area (Å²) in [5, 5.41) is 20.6. The normalized spacial score (nSPS) is 10.6. The minimum atomic E-state index is -0.342. The van der Waals surface area contributed by atoms with Crippen LogP contribution in [0.4, 0.5) is 0 Å². The molecule has 0 aliphatic heterocycles. The highest BCUT2D eigenvalue weighted by molar-refractivity contribution is 7.98. The Labute approximate surface area is 167 Å². The molecule has 7 nitrogen and oxygen atoms in total. The van der Waals surface area contributed by atoms with Crippen LogP contribution < -0.4 is 10.1 Å². The average molecular weight is 398 g/mol. The highest BCUT2D eigenvalue weighted by Gasteiger charge is 2.20. The Hall–Kier alpha value is -2.84. The monoisotopic (exact) mass is 398 g/mol. The summed E-state index contributed by atoms with van der Waals surface area (Å²) in [6.07, 6.45) is 0. The van der Waals surface area contributed by atoms with Crippen LogP contribution >= 0.6 is 11.8 Å². The SMILES string of the molecule is COc1ccc(Cn2nnc(C(=O)NCCO)c2SCc2ccccc2)cc1. The zero-order valence-corrected chi connectivity index (χ0v) is 16.4. The van der Waals surface area contributed by atoms with Crippen molar-refractivity contribution in [3.8, 4) is 5.75 Å². The van der Waals surface area contributed by atoms with Crippen LogP contribution in [0.2, 0.25) is 0 Å². The van der Waals surface area contributed by atoms with Crippen molar-refractivity contribution in [1.82, 2.24) is 20.3 Å². The number of aliphatic hydroxyl groups is 1. The zero-order chi connectivity index (χ0) is 19.8. The van der Waals surface area contributed by atoms with Crippen LogP contribution in [-0.2, 0) is 12.3 Å². The number of carbonyl (C=O) groups is 1. The third kappa shape index (κ3) is 5.11. The first kappa shape index (κ1) is 19.9. The third-order valence-electron chi connectivity index (χ3n) is 4.01. The van der Waals surface area contributed by atoms with Gasteiger partial charge in [0, 0.05) is 12.3 Å². The molecule has 0 unspecified atom stereocenters. The second-order valence-corrected chi connectivity index (χ2v) is 6.97. The van der Waals surface area contributed by atoms with Gasteiger partial charge in [-0.3, -0.25) is 4.79 Å². The van der Waals surface area contributed by atoms with Crippen molar-refractivity contribution >= 4 is 17.7 Å². The molecule has 0 aliphatic carbocycles. The Kier molecular flexibility index (Phi) is 7.05. The van der Waals surface area contributed by atoms with E-state index < -0.39 is 0 Å². The number of amides is 1. The molecule has 0 fully saturated rings. The largest absolute Gasteiger partial charge is 0.497 e. The molecule has 8 heteroatoms. The minimum Gasteiger partial charge on any atom is -0.497 e. The number of nitrogens with zero attached hydrogens (tertiary/aromatic N) is 3. The summed E-state index contributed by atoms with van der Waals surface area (Å²) in [7, 11) is 1.63. The molecule has 0 spiro atoms. The van der Waals surface area contributed by atoms with Gasteiger partial charge in [0.2, 0.25) is 0 Å². The molecule has 2 aromatic carbocycles. The van der Waals surface area contributed by atoms with Crippen LogP contribution in [-0.4, -0.2) is 46.3 Å². The molecule has 0 bridgehead atoms. The lowest BCUT2D eigenvalue weighted by atomic mass is 10.2. The Bertz CT molecular complexity index is 898. The molecule has 0 atom stereocenters. The van der Waals surface area contributed by atoms with E-state index in [0.717, 1.165) is 16.9 Å². The molecule has 2 N–H and O–H groups in total. The fourth-order valence-electron chi connectivity index (χ4n) is 2.58. The Balaban J connectivity index is 1.82. The van der Waals surface area contributed by atoms with Gasteiger partial charge in [0.15, 0.2) is 5.69 Å². The summed E-state index contributed by atoms with van der Waals surface area (Å²) in [5.41, 5.74) is 2.43. The molecule has 1 aromatic heterocycles. The van der Waals surface area contributed by atoms with Crippen LogP contribution in [0.15, 0.2) is 59.6 Å². The molecular formula is C20H22N4O3S. The Morgan fingerprint density at radius 2 is 1.89 bits per heavy atom. The van der Waals surface area contributed by atoms with Crippen molar-refractivity contribution in [1.29, 1.82) is 0 Å². The first-order valence-corrected chi connectivity index (χ1v) is 9.82. The van der Waals surface area contributed by atoms with Crippen LogP contribution in [0.3, 0.4) is 0 Å². The molecule has 0 aliphatic rings. The number of thioether (sulfide) groups is 1. The number of benzene rings is 2. The molecular weight excluding hydrogens is 376 g/mol. The van der Waals surface area contributed by atoms with Crippen LogP contribution in [0.1, 0.15) is 21.6 Å². The molecule has 3 aromatic rings. The van der Waals surface area contributed by atoms with E-state index in [9.17, 15) is 4.79 Å². The Morgan fingerprint density at radius 1 is 1.14 bits per heavy atom. The van der Waals surface area contributed by atoms with E-state index in [0.29, 0.717) is 17.3 Å². The molecule has 0 saturated carbocycles. The summed E-state index contributed by atoms with van der Waals surface area (Å²) in [6, 6.07) is 17.7. The summed E-state index contributed by atoms with van der Waals surface area (Å²) >= 11 is 1.51. The first-order chi connectivity index (χ1) is 13.7. The molecule has 146 valence electrons. The van der Waals surface area contributed by atoms with Crippen LogP contribution in [0, 0.1) is 0 Å². The highest BCUT2D eigenvalue weighted by Crippen LogP contribution is 2.26. The van der Waals surface area contributed by atoms with Crippen LogP contribution in [0.5, 0.6) is 5.75 Å². The van der Waals surface area contributed by atoms with E-state index in [-0.39, 0.29) is 24.8 Å². The lowest BCUT2D eigenvalue weighted by molar-refractivity contribution is 0.0936. The number of nitrogens with one attached hydrogen (secondary N) is 1. The molecule has 0 radical (unpaired) electrons. The van der Waals surface area contributed by atoms with E-state index >= 15 is 0 Å². The number of ether oxygens (including phenoxy) is 1. The molecule has 0 saturated heterocycles. The van der Waals surface area contributed by atoms with Gasteiger partial charge in [0.25, 0.3) is 5.91 Å². The predicted octanol–water partition coefficient (Wildman–Crippen LogP) is 2.35. The number of hydrogen-bond acceptors (Lipinski definition) is 6. The van der Waals surface area contributed by atoms with Crippen molar-refractivity contribution < 1.29 is 14.6 Å². The Morgan fingerprint density at radius 3 is 2.57 bits per heavy atom. The fraction of sp³-hybridized carbons (Fsp3) is 0.250. The summed E-state index contributed by atoms with van der Waals surface area (Å²) in [6.45, 7) is 0.534. The first-order valence-electron chi connectivity index (χ1n) is 8.83. The standard InChI is InChI=1S/C20H22N4O3S/c1-27-17-9-7-15(8-10-17)13-24-20(28-14-16-5-3-2-4-6-16)18(22-23-24)19(26)21-11-12-25/h2-10,25H,11-14H2,1H3,(H,21,26). The fourth-order valence-corrected chi connectivity index (χ4v) is 3.59. The van der Waals surface area contributed by atoms with Gasteiger partial charge < -0.3 is 15.2 Å². The van der Waals surface area contributed by atoms with Crippen molar-refractivity contribution in [3.63, 3.8) is 0 Å². The molecule has 1 amide bonds. The van der Waals surface area contributed by atoms with E-state index in [4.69, 9.17) is 9.84 Å². The lowest BCUT2D eigenvalue weighted by Crippen LogP contribution is -2.27. The minimum absolute atomic E-state index is 0.127. The maximum absolute atomic E-state index is 12.4. The van der Waals surface area contributed by atoms with Gasteiger partial charge in [0.1, 0.15) is 10.8 Å². The summed E-state index contributed by atoms with van der Waals surface area (Å²) < 4.78 is 6.92. The lowest BCUT2D eigenvalue weighted by Gasteiger charge is -2.09. The number of aliphatic hydroxyl groups excluding tert-OH is 1. The van der Waals surface area contributed by atoms with Gasteiger partial charge >= 0.3 is 0 Å². The van der Waals surface area contributed by atoms with Gasteiger partial charge in [-0.1, -0.05) is 59.4 Å². The van der Waals surface area contributed by atoms with E-state index in [1.807, 2.05) is 54.6 Å². The molecule has 28 heavy (non-hydrogen) atoms. The number of aromatic nitrogens is 3. The number of methoxy groups -OCH3 is 1. The molecule has 3 rings (SSSR count). The van der Waals surface area contributed by atoms with Crippen LogP contribution in [0.25, 0.3) is 0 Å². The number of rotatable bonds is 9. The highest BCUT2D eigenvalue weighted by atomic mass is 32.2. The third-order valence-corrected chi connectivity index (χ3v) is 5.17. The quantitative estimate of drug-likeness (QED) is 0.538. The van der Waals surface area contributed by atoms with Gasteiger partial charge in [0.05, 0.1) is 20.3 Å². The van der Waals surface area contributed by atoms with E-state index in [1.165, 1.54) is 11.8 Å². The van der Waals surface area contributed by atoms with Crippen molar-refractivity contribution in [3.05, 3.63) is 71.4 Å². The molecule has 1 heterocycles. The summed E-state index contributed by atoms with van der Waals surface area (Å²) in [5.74, 6) is 1.13. The maximum Gasteiger partial charge on any atom is 0.274 e. The van der Waals surface area contributed by atoms with Crippen molar-refractivity contribution in [2.45, 2.75) is 17.3 Å². The van der Waals surface area contributed by atoms with E-state index in [1.54, 1.807) is 11.8 Å². The summed E-state index contributed by atoms with van der Waals surface area (Å²) in [4.78, 5) is 12.4. The van der Waals surface area contributed by atoms with Gasteiger partial charge in [-0.2, -0.15) is 0 Å². The smallest absolute Gasteiger partial charge is 0.274 e. The number of carbonyl (C=O) groups excluding carboxylic acids is 1. The zero-order valence-electron chi connectivity index (χ0n) is 15.5. The van der Waals surface area contributed by atoms with E-state index in [2.05, 4.69) is 15.6 Å². The van der Waals surface area contributed by atoms with Crippen molar-refractivity contribution in [2.24, 2.45) is 0 Å². The average Bonchev–Trinajstić information content (AvgIpc) is 3.14. The number of hydrogen-bond donors (Lipinski definition) is 2. The van der Waals surface area contributed by atoms with Gasteiger partial charge in [-0.05, 0) is 23.3 Å². The van der Waals surface area contributed by atoms with Crippen molar-refractivity contribution in [2.75, 3.05) is 20.3 Å².